The van der Waals surface area contributed by atoms with Gasteiger partial charge in [0.05, 0.1) is 11.7 Å². The predicted molar refractivity (Wildman–Crippen MR) is 62.5 cm³/mol. The number of rotatable bonds is 4. The van der Waals surface area contributed by atoms with Crippen molar-refractivity contribution in [3.05, 3.63) is 0 Å². The maximum atomic E-state index is 12.3. The first-order valence-corrected chi connectivity index (χ1v) is 6.10. The molecule has 1 N–H and O–H groups in total. The highest BCUT2D eigenvalue weighted by Gasteiger charge is 2.47. The number of nitrogens with zero attached hydrogens (tertiary/aromatic N) is 1. The normalized spacial score (nSPS) is 33.5. The third-order valence-electron chi connectivity index (χ3n) is 3.69. The minimum atomic E-state index is -0.343. The molecule has 3 nitrogen and oxygen atoms in total. The van der Waals surface area contributed by atoms with Gasteiger partial charge in [0, 0.05) is 6.04 Å². The molecule has 3 heteroatoms. The molecule has 0 spiro atoms. The van der Waals surface area contributed by atoms with E-state index in [1.807, 2.05) is 11.8 Å². The molecule has 88 valence electrons. The second kappa shape index (κ2) is 4.52. The van der Waals surface area contributed by atoms with Gasteiger partial charge in [0.2, 0.25) is 5.91 Å². The lowest BCUT2D eigenvalue weighted by atomic mass is 9.99. The third-order valence-corrected chi connectivity index (χ3v) is 3.69. The van der Waals surface area contributed by atoms with Crippen LogP contribution in [0.3, 0.4) is 0 Å². The number of hydrogen-bond donors (Lipinski definition) is 1. The van der Waals surface area contributed by atoms with Crippen LogP contribution in [-0.4, -0.2) is 28.6 Å². The van der Waals surface area contributed by atoms with Crippen molar-refractivity contribution < 1.29 is 4.79 Å². The smallest absolute Gasteiger partial charge is 0.244 e. The maximum absolute atomic E-state index is 12.3. The summed E-state index contributed by atoms with van der Waals surface area (Å²) in [4.78, 5) is 14.3. The molecule has 15 heavy (non-hydrogen) atoms. The summed E-state index contributed by atoms with van der Waals surface area (Å²) in [6.07, 6.45) is 3.07. The van der Waals surface area contributed by atoms with E-state index in [2.05, 4.69) is 33.0 Å². The van der Waals surface area contributed by atoms with Crippen molar-refractivity contribution in [2.75, 3.05) is 0 Å². The molecule has 3 unspecified atom stereocenters. The van der Waals surface area contributed by atoms with Crippen LogP contribution in [0.25, 0.3) is 0 Å². The largest absolute Gasteiger partial charge is 0.323 e. The molecule has 0 aromatic carbocycles. The molecular weight excluding hydrogens is 188 g/mol. The second-order valence-corrected chi connectivity index (χ2v) is 4.72. The van der Waals surface area contributed by atoms with E-state index in [9.17, 15) is 4.79 Å². The first-order chi connectivity index (χ1) is 7.00. The molecule has 0 aromatic rings. The first-order valence-electron chi connectivity index (χ1n) is 6.10. The fraction of sp³-hybridized carbons (Fsp3) is 0.917. The van der Waals surface area contributed by atoms with E-state index in [1.165, 1.54) is 0 Å². The van der Waals surface area contributed by atoms with Gasteiger partial charge in [0.25, 0.3) is 0 Å². The van der Waals surface area contributed by atoms with Crippen LogP contribution < -0.4 is 5.32 Å². The van der Waals surface area contributed by atoms with Gasteiger partial charge in [-0.15, -0.1) is 0 Å². The summed E-state index contributed by atoms with van der Waals surface area (Å²) >= 11 is 0. The molecule has 1 heterocycles. The first kappa shape index (κ1) is 12.5. The van der Waals surface area contributed by atoms with Crippen molar-refractivity contribution in [3.63, 3.8) is 0 Å². The Bertz CT molecular complexity index is 242. The highest BCUT2D eigenvalue weighted by atomic mass is 16.2. The minimum Gasteiger partial charge on any atom is -0.323 e. The van der Waals surface area contributed by atoms with Crippen LogP contribution in [0.1, 0.15) is 53.9 Å². The Balaban J connectivity index is 2.90. The number of carbonyl (C=O) groups excluding carboxylic acids is 1. The van der Waals surface area contributed by atoms with E-state index >= 15 is 0 Å². The summed E-state index contributed by atoms with van der Waals surface area (Å²) < 4.78 is 0. The van der Waals surface area contributed by atoms with Crippen molar-refractivity contribution in [3.8, 4) is 0 Å². The number of hydrogen-bond acceptors (Lipinski definition) is 2. The minimum absolute atomic E-state index is 0.220. The molecule has 0 bridgehead atoms. The van der Waals surface area contributed by atoms with Crippen LogP contribution in [0, 0.1) is 0 Å². The molecule has 0 aliphatic carbocycles. The van der Waals surface area contributed by atoms with Gasteiger partial charge in [-0.3, -0.25) is 10.1 Å². The van der Waals surface area contributed by atoms with Gasteiger partial charge in [-0.05, 0) is 33.1 Å². The standard InChI is InChI=1S/C12H24N2O/c1-6-9(4)14-10(7-2)13-12(5,8-3)11(14)15/h9-10,13H,6-8H2,1-5H3. The van der Waals surface area contributed by atoms with Crippen LogP contribution in [0.15, 0.2) is 0 Å². The quantitative estimate of drug-likeness (QED) is 0.774. The summed E-state index contributed by atoms with van der Waals surface area (Å²) in [5.41, 5.74) is -0.343. The van der Waals surface area contributed by atoms with Gasteiger partial charge in [-0.1, -0.05) is 20.8 Å². The van der Waals surface area contributed by atoms with Crippen LogP contribution in [0.5, 0.6) is 0 Å². The van der Waals surface area contributed by atoms with E-state index in [-0.39, 0.29) is 17.6 Å². The average Bonchev–Trinajstić information content (AvgIpc) is 2.51. The van der Waals surface area contributed by atoms with Gasteiger partial charge in [-0.25, -0.2) is 0 Å². The Morgan fingerprint density at radius 1 is 1.47 bits per heavy atom. The van der Waals surface area contributed by atoms with E-state index in [0.29, 0.717) is 6.04 Å². The Morgan fingerprint density at radius 3 is 2.47 bits per heavy atom. The molecular formula is C12H24N2O. The number of amides is 1. The predicted octanol–water partition coefficient (Wildman–Crippen LogP) is 2.12. The molecule has 3 atom stereocenters. The molecule has 1 aliphatic rings. The highest BCUT2D eigenvalue weighted by molar-refractivity contribution is 5.88. The zero-order chi connectivity index (χ0) is 11.6. The van der Waals surface area contributed by atoms with Crippen molar-refractivity contribution in [1.29, 1.82) is 0 Å². The van der Waals surface area contributed by atoms with E-state index in [4.69, 9.17) is 0 Å². The molecule has 0 aromatic heterocycles. The van der Waals surface area contributed by atoms with Crippen LogP contribution in [0.4, 0.5) is 0 Å². The van der Waals surface area contributed by atoms with E-state index < -0.39 is 0 Å². The topological polar surface area (TPSA) is 32.3 Å². The number of nitrogens with one attached hydrogen (secondary N) is 1. The summed E-state index contributed by atoms with van der Waals surface area (Å²) in [7, 11) is 0. The van der Waals surface area contributed by atoms with Crippen molar-refractivity contribution in [2.45, 2.75) is 71.6 Å². The summed E-state index contributed by atoms with van der Waals surface area (Å²) in [5.74, 6) is 0.270. The summed E-state index contributed by atoms with van der Waals surface area (Å²) in [6, 6.07) is 0.336. The van der Waals surface area contributed by atoms with E-state index in [1.54, 1.807) is 0 Å². The van der Waals surface area contributed by atoms with Crippen molar-refractivity contribution >= 4 is 5.91 Å². The molecule has 1 fully saturated rings. The zero-order valence-corrected chi connectivity index (χ0v) is 10.6. The Hall–Kier alpha value is -0.570. The van der Waals surface area contributed by atoms with Crippen LogP contribution in [-0.2, 0) is 4.79 Å². The summed E-state index contributed by atoms with van der Waals surface area (Å²) in [5, 5.41) is 3.46. The lowest BCUT2D eigenvalue weighted by molar-refractivity contribution is -0.134. The Kier molecular flexibility index (Phi) is 3.77. The molecule has 1 amide bonds. The highest BCUT2D eigenvalue weighted by Crippen LogP contribution is 2.27. The van der Waals surface area contributed by atoms with E-state index in [0.717, 1.165) is 19.3 Å². The maximum Gasteiger partial charge on any atom is 0.244 e. The van der Waals surface area contributed by atoms with Gasteiger partial charge >= 0.3 is 0 Å². The molecule has 0 saturated carbocycles. The monoisotopic (exact) mass is 212 g/mol. The molecule has 1 aliphatic heterocycles. The fourth-order valence-electron chi connectivity index (χ4n) is 2.18. The van der Waals surface area contributed by atoms with Crippen molar-refractivity contribution in [1.82, 2.24) is 10.2 Å². The average molecular weight is 212 g/mol. The van der Waals surface area contributed by atoms with Gasteiger partial charge < -0.3 is 4.90 Å². The third kappa shape index (κ3) is 2.03. The van der Waals surface area contributed by atoms with Gasteiger partial charge in [-0.2, -0.15) is 0 Å². The Labute approximate surface area is 93.2 Å². The fourth-order valence-corrected chi connectivity index (χ4v) is 2.18. The SMILES string of the molecule is CCC(C)N1C(=O)C(C)(CC)NC1CC. The molecule has 1 saturated heterocycles. The van der Waals surface area contributed by atoms with Gasteiger partial charge in [0.1, 0.15) is 0 Å². The molecule has 0 radical (unpaired) electrons. The van der Waals surface area contributed by atoms with Crippen LogP contribution >= 0.6 is 0 Å². The summed E-state index contributed by atoms with van der Waals surface area (Å²) in [6.45, 7) is 10.5. The lowest BCUT2D eigenvalue weighted by Crippen LogP contribution is -2.44. The zero-order valence-electron chi connectivity index (χ0n) is 10.6. The molecule has 1 rings (SSSR count). The Morgan fingerprint density at radius 2 is 2.07 bits per heavy atom. The van der Waals surface area contributed by atoms with Gasteiger partial charge in [0.15, 0.2) is 0 Å². The van der Waals surface area contributed by atoms with Crippen LogP contribution in [0.2, 0.25) is 0 Å². The second-order valence-electron chi connectivity index (χ2n) is 4.72. The number of carbonyl (C=O) groups is 1. The van der Waals surface area contributed by atoms with Crippen molar-refractivity contribution in [2.24, 2.45) is 0 Å². The lowest BCUT2D eigenvalue weighted by Gasteiger charge is -2.29.